The molecule has 1 aromatic heterocycles. The Bertz CT molecular complexity index is 664. The third-order valence-electron chi connectivity index (χ3n) is 3.44. The van der Waals surface area contributed by atoms with Crippen molar-refractivity contribution >= 4 is 23.3 Å². The smallest absolute Gasteiger partial charge is 0.273 e. The predicted octanol–water partition coefficient (Wildman–Crippen LogP) is 3.77. The number of benzene rings is 1. The fourth-order valence-corrected chi connectivity index (χ4v) is 3.23. The van der Waals surface area contributed by atoms with Crippen LogP contribution in [0.15, 0.2) is 41.8 Å². The minimum absolute atomic E-state index is 0.0100. The summed E-state index contributed by atoms with van der Waals surface area (Å²) in [7, 11) is 4.00. The van der Waals surface area contributed by atoms with Crippen LogP contribution in [0.4, 0.5) is 0 Å². The molecule has 5 heteroatoms. The number of carbonyl (C=O) groups is 1. The van der Waals surface area contributed by atoms with Crippen LogP contribution in [-0.2, 0) is 6.54 Å². The molecule has 4 nitrogen and oxygen atoms in total. The van der Waals surface area contributed by atoms with E-state index >= 15 is 0 Å². The van der Waals surface area contributed by atoms with E-state index in [1.54, 1.807) is 11.3 Å². The second kappa shape index (κ2) is 9.35. The highest BCUT2D eigenvalue weighted by Crippen LogP contribution is 2.14. The monoisotopic (exact) mass is 343 g/mol. The molecule has 2 aromatic rings. The highest BCUT2D eigenvalue weighted by molar-refractivity contribution is 7.09. The molecule has 0 aliphatic rings. The SMILES string of the molecule is CCCN(C/C=C/c1ccccc1)C(=O)c1csc(CN(C)C)n1. The highest BCUT2D eigenvalue weighted by atomic mass is 32.1. The normalized spacial score (nSPS) is 11.3. The summed E-state index contributed by atoms with van der Waals surface area (Å²) >= 11 is 1.54. The van der Waals surface area contributed by atoms with Crippen molar-refractivity contribution in [1.82, 2.24) is 14.8 Å². The van der Waals surface area contributed by atoms with Crippen molar-refractivity contribution in [2.75, 3.05) is 27.2 Å². The second-order valence-corrected chi connectivity index (χ2v) is 6.87. The fraction of sp³-hybridized carbons (Fsp3) is 0.368. The maximum absolute atomic E-state index is 12.7. The van der Waals surface area contributed by atoms with Gasteiger partial charge >= 0.3 is 0 Å². The highest BCUT2D eigenvalue weighted by Gasteiger charge is 2.17. The van der Waals surface area contributed by atoms with Crippen LogP contribution < -0.4 is 0 Å². The van der Waals surface area contributed by atoms with Gasteiger partial charge in [0, 0.05) is 25.0 Å². The predicted molar refractivity (Wildman–Crippen MR) is 101 cm³/mol. The summed E-state index contributed by atoms with van der Waals surface area (Å²) in [5, 5.41) is 2.84. The molecule has 0 aliphatic carbocycles. The van der Waals surface area contributed by atoms with Gasteiger partial charge in [-0.25, -0.2) is 4.98 Å². The van der Waals surface area contributed by atoms with E-state index in [-0.39, 0.29) is 5.91 Å². The van der Waals surface area contributed by atoms with E-state index in [0.717, 1.165) is 30.1 Å². The third-order valence-corrected chi connectivity index (χ3v) is 4.27. The molecule has 0 atom stereocenters. The number of aromatic nitrogens is 1. The van der Waals surface area contributed by atoms with Crippen LogP contribution in [0.1, 0.15) is 34.4 Å². The van der Waals surface area contributed by atoms with Gasteiger partial charge in [0.1, 0.15) is 10.7 Å². The van der Waals surface area contributed by atoms with Crippen molar-refractivity contribution in [3.63, 3.8) is 0 Å². The summed E-state index contributed by atoms with van der Waals surface area (Å²) in [5.41, 5.74) is 1.70. The number of hydrogen-bond acceptors (Lipinski definition) is 4. The second-order valence-electron chi connectivity index (χ2n) is 5.93. The average molecular weight is 343 g/mol. The van der Waals surface area contributed by atoms with Gasteiger partial charge in [-0.15, -0.1) is 11.3 Å². The van der Waals surface area contributed by atoms with Gasteiger partial charge in [-0.05, 0) is 26.1 Å². The van der Waals surface area contributed by atoms with Crippen molar-refractivity contribution in [2.24, 2.45) is 0 Å². The molecular formula is C19H25N3OS. The first kappa shape index (κ1) is 18.4. The van der Waals surface area contributed by atoms with Crippen LogP contribution in [0.5, 0.6) is 0 Å². The molecule has 1 heterocycles. The molecule has 0 saturated carbocycles. The van der Waals surface area contributed by atoms with Gasteiger partial charge in [0.05, 0.1) is 0 Å². The summed E-state index contributed by atoms with van der Waals surface area (Å²) in [5.74, 6) is 0.0100. The van der Waals surface area contributed by atoms with E-state index in [0.29, 0.717) is 12.2 Å². The van der Waals surface area contributed by atoms with Gasteiger partial charge < -0.3 is 9.80 Å². The minimum atomic E-state index is 0.0100. The van der Waals surface area contributed by atoms with Crippen LogP contribution in [0.25, 0.3) is 6.08 Å². The van der Waals surface area contributed by atoms with E-state index in [1.165, 1.54) is 0 Å². The third kappa shape index (κ3) is 5.58. The molecular weight excluding hydrogens is 318 g/mol. The van der Waals surface area contributed by atoms with Crippen molar-refractivity contribution in [3.05, 3.63) is 58.1 Å². The number of rotatable bonds is 8. The van der Waals surface area contributed by atoms with E-state index in [4.69, 9.17) is 0 Å². The van der Waals surface area contributed by atoms with Crippen molar-refractivity contribution in [2.45, 2.75) is 19.9 Å². The maximum atomic E-state index is 12.7. The van der Waals surface area contributed by atoms with E-state index in [2.05, 4.69) is 35.0 Å². The van der Waals surface area contributed by atoms with Crippen LogP contribution in [0.3, 0.4) is 0 Å². The lowest BCUT2D eigenvalue weighted by Gasteiger charge is -2.19. The first-order chi connectivity index (χ1) is 11.6. The molecule has 24 heavy (non-hydrogen) atoms. The molecule has 0 spiro atoms. The number of thiazole rings is 1. The first-order valence-electron chi connectivity index (χ1n) is 8.20. The zero-order chi connectivity index (χ0) is 17.4. The van der Waals surface area contributed by atoms with E-state index < -0.39 is 0 Å². The van der Waals surface area contributed by atoms with E-state index in [9.17, 15) is 4.79 Å². The van der Waals surface area contributed by atoms with Gasteiger partial charge in [-0.2, -0.15) is 0 Å². The van der Waals surface area contributed by atoms with Gasteiger partial charge in [0.2, 0.25) is 0 Å². The topological polar surface area (TPSA) is 36.4 Å². The molecule has 1 aromatic carbocycles. The minimum Gasteiger partial charge on any atom is -0.334 e. The molecule has 0 aliphatic heterocycles. The summed E-state index contributed by atoms with van der Waals surface area (Å²) in [6.45, 7) is 4.18. The standard InChI is InChI=1S/C19H25N3OS/c1-4-12-22(13-8-11-16-9-6-5-7-10-16)19(23)17-15-24-18(20-17)14-21(2)3/h5-11,15H,4,12-14H2,1-3H3/b11-8+. The molecule has 0 saturated heterocycles. The Morgan fingerprint density at radius 2 is 2.00 bits per heavy atom. The zero-order valence-corrected chi connectivity index (χ0v) is 15.4. The number of hydrogen-bond donors (Lipinski definition) is 0. The molecule has 0 unspecified atom stereocenters. The molecule has 0 N–H and O–H groups in total. The van der Waals surface area contributed by atoms with Crippen LogP contribution >= 0.6 is 11.3 Å². The lowest BCUT2D eigenvalue weighted by Crippen LogP contribution is -2.32. The van der Waals surface area contributed by atoms with Crippen LogP contribution in [0.2, 0.25) is 0 Å². The van der Waals surface area contributed by atoms with Gasteiger partial charge in [-0.3, -0.25) is 4.79 Å². The Morgan fingerprint density at radius 3 is 2.67 bits per heavy atom. The lowest BCUT2D eigenvalue weighted by atomic mass is 10.2. The van der Waals surface area contributed by atoms with Gasteiger partial charge in [-0.1, -0.05) is 49.4 Å². The largest absolute Gasteiger partial charge is 0.334 e. The molecule has 2 rings (SSSR count). The van der Waals surface area contributed by atoms with Crippen LogP contribution in [-0.4, -0.2) is 47.9 Å². The Kier molecular flexibility index (Phi) is 7.15. The molecule has 1 amide bonds. The summed E-state index contributed by atoms with van der Waals surface area (Å²) in [6.07, 6.45) is 5.02. The number of carbonyl (C=O) groups excluding carboxylic acids is 1. The number of amides is 1. The Labute approximate surface area is 148 Å². The Balaban J connectivity index is 2.02. The summed E-state index contributed by atoms with van der Waals surface area (Å²) < 4.78 is 0. The lowest BCUT2D eigenvalue weighted by molar-refractivity contribution is 0.0769. The van der Waals surface area contributed by atoms with E-state index in [1.807, 2.05) is 48.7 Å². The summed E-state index contributed by atoms with van der Waals surface area (Å²) in [4.78, 5) is 21.1. The zero-order valence-electron chi connectivity index (χ0n) is 14.6. The maximum Gasteiger partial charge on any atom is 0.273 e. The summed E-state index contributed by atoms with van der Waals surface area (Å²) in [6, 6.07) is 10.1. The first-order valence-corrected chi connectivity index (χ1v) is 9.08. The molecule has 0 bridgehead atoms. The van der Waals surface area contributed by atoms with Crippen molar-refractivity contribution in [3.8, 4) is 0 Å². The Morgan fingerprint density at radius 1 is 1.25 bits per heavy atom. The van der Waals surface area contributed by atoms with Crippen molar-refractivity contribution in [1.29, 1.82) is 0 Å². The van der Waals surface area contributed by atoms with Crippen molar-refractivity contribution < 1.29 is 4.79 Å². The number of nitrogens with zero attached hydrogens (tertiary/aromatic N) is 3. The fourth-order valence-electron chi connectivity index (χ4n) is 2.34. The van der Waals surface area contributed by atoms with Gasteiger partial charge in [0.25, 0.3) is 5.91 Å². The quantitative estimate of drug-likeness (QED) is 0.732. The van der Waals surface area contributed by atoms with Gasteiger partial charge in [0.15, 0.2) is 0 Å². The molecule has 0 fully saturated rings. The van der Waals surface area contributed by atoms with Crippen LogP contribution in [0, 0.1) is 0 Å². The Hall–Kier alpha value is -1.98. The average Bonchev–Trinajstić information content (AvgIpc) is 3.02. The molecule has 0 radical (unpaired) electrons. The molecule has 128 valence electrons.